The molecule has 112 valence electrons. The van der Waals surface area contributed by atoms with Crippen molar-refractivity contribution in [3.63, 3.8) is 0 Å². The van der Waals surface area contributed by atoms with Crippen molar-refractivity contribution in [2.24, 2.45) is 5.92 Å². The first kappa shape index (κ1) is 16.3. The maximum absolute atomic E-state index is 12.0. The van der Waals surface area contributed by atoms with E-state index in [4.69, 9.17) is 9.47 Å². The molecule has 5 heteroatoms. The number of carbonyl (C=O) groups is 1. The quantitative estimate of drug-likeness (QED) is 0.792. The molecule has 0 unspecified atom stereocenters. The molecule has 0 fully saturated rings. The number of benzene rings is 1. The monoisotopic (exact) mass is 281 g/mol. The van der Waals surface area contributed by atoms with Gasteiger partial charge in [-0.25, -0.2) is 0 Å². The van der Waals surface area contributed by atoms with Gasteiger partial charge < -0.3 is 19.9 Å². The van der Waals surface area contributed by atoms with Crippen LogP contribution in [0, 0.1) is 5.92 Å². The highest BCUT2D eigenvalue weighted by Crippen LogP contribution is 2.24. The van der Waals surface area contributed by atoms with Crippen molar-refractivity contribution in [1.29, 1.82) is 0 Å². The molecule has 0 spiro atoms. The molecular formula is C15H23NO4. The van der Waals surface area contributed by atoms with E-state index < -0.39 is 0 Å². The highest BCUT2D eigenvalue weighted by atomic mass is 16.5. The molecule has 0 heterocycles. The number of carbonyl (C=O) groups excluding carboxylic acids is 1. The van der Waals surface area contributed by atoms with Crippen molar-refractivity contribution < 1.29 is 19.4 Å². The van der Waals surface area contributed by atoms with Gasteiger partial charge in [0.05, 0.1) is 33.3 Å². The van der Waals surface area contributed by atoms with E-state index in [1.807, 2.05) is 13.8 Å². The fraction of sp³-hybridized carbons (Fsp3) is 0.533. The van der Waals surface area contributed by atoms with E-state index in [0.29, 0.717) is 11.5 Å². The van der Waals surface area contributed by atoms with Crippen molar-refractivity contribution >= 4 is 5.91 Å². The molecule has 0 radical (unpaired) electrons. The van der Waals surface area contributed by atoms with Crippen LogP contribution < -0.4 is 14.8 Å². The lowest BCUT2D eigenvalue weighted by molar-refractivity contribution is -0.121. The minimum Gasteiger partial charge on any atom is -0.497 e. The summed E-state index contributed by atoms with van der Waals surface area (Å²) in [5.41, 5.74) is 0.784. The second-order valence-corrected chi connectivity index (χ2v) is 4.96. The summed E-state index contributed by atoms with van der Waals surface area (Å²) in [5.74, 6) is 1.34. The number of nitrogens with one attached hydrogen (secondary N) is 1. The van der Waals surface area contributed by atoms with E-state index in [0.717, 1.165) is 5.56 Å². The van der Waals surface area contributed by atoms with Gasteiger partial charge in [-0.3, -0.25) is 4.79 Å². The van der Waals surface area contributed by atoms with E-state index in [-0.39, 0.29) is 30.9 Å². The summed E-state index contributed by atoms with van der Waals surface area (Å²) in [6.07, 6.45) is 0.205. The van der Waals surface area contributed by atoms with Gasteiger partial charge in [0, 0.05) is 11.6 Å². The summed E-state index contributed by atoms with van der Waals surface area (Å²) in [7, 11) is 3.14. The van der Waals surface area contributed by atoms with Crippen molar-refractivity contribution in [2.45, 2.75) is 26.3 Å². The Labute approximate surface area is 119 Å². The highest BCUT2D eigenvalue weighted by Gasteiger charge is 2.16. The number of hydrogen-bond donors (Lipinski definition) is 2. The van der Waals surface area contributed by atoms with E-state index in [1.165, 1.54) is 0 Å². The summed E-state index contributed by atoms with van der Waals surface area (Å²) in [4.78, 5) is 12.0. The molecule has 20 heavy (non-hydrogen) atoms. The van der Waals surface area contributed by atoms with Crippen LogP contribution in [-0.4, -0.2) is 37.9 Å². The van der Waals surface area contributed by atoms with E-state index in [1.54, 1.807) is 32.4 Å². The van der Waals surface area contributed by atoms with Crippen LogP contribution in [-0.2, 0) is 11.2 Å². The Hall–Kier alpha value is -1.75. The Bertz CT molecular complexity index is 445. The zero-order valence-corrected chi connectivity index (χ0v) is 12.5. The van der Waals surface area contributed by atoms with Crippen LogP contribution in [0.15, 0.2) is 18.2 Å². The van der Waals surface area contributed by atoms with Gasteiger partial charge in [-0.05, 0) is 12.0 Å². The third-order valence-corrected chi connectivity index (χ3v) is 3.19. The van der Waals surface area contributed by atoms with Gasteiger partial charge in [0.1, 0.15) is 11.5 Å². The molecule has 0 aromatic heterocycles. The number of rotatable bonds is 7. The van der Waals surface area contributed by atoms with Crippen LogP contribution in [0.5, 0.6) is 11.5 Å². The molecule has 0 aliphatic carbocycles. The highest BCUT2D eigenvalue weighted by molar-refractivity contribution is 5.79. The molecule has 0 saturated carbocycles. The molecule has 0 bridgehead atoms. The van der Waals surface area contributed by atoms with Gasteiger partial charge >= 0.3 is 0 Å². The van der Waals surface area contributed by atoms with Gasteiger partial charge in [0.15, 0.2) is 0 Å². The lowest BCUT2D eigenvalue weighted by atomic mass is 10.0. The fourth-order valence-electron chi connectivity index (χ4n) is 1.85. The van der Waals surface area contributed by atoms with Gasteiger partial charge in [-0.1, -0.05) is 19.9 Å². The van der Waals surface area contributed by atoms with Gasteiger partial charge in [-0.2, -0.15) is 0 Å². The maximum Gasteiger partial charge on any atom is 0.224 e. The summed E-state index contributed by atoms with van der Waals surface area (Å²) < 4.78 is 10.4. The topological polar surface area (TPSA) is 67.8 Å². The number of ether oxygens (including phenoxy) is 2. The van der Waals surface area contributed by atoms with Gasteiger partial charge in [0.25, 0.3) is 0 Å². The fourth-order valence-corrected chi connectivity index (χ4v) is 1.85. The minimum absolute atomic E-state index is 0.0663. The zero-order chi connectivity index (χ0) is 15.1. The summed E-state index contributed by atoms with van der Waals surface area (Å²) in [6.45, 7) is 3.84. The standard InChI is InChI=1S/C15H23NO4/c1-10(2)13(9-17)16-15(18)7-11-5-6-12(19-3)8-14(11)20-4/h5-6,8,10,13,17H,7,9H2,1-4H3,(H,16,18)/t13-/m1/s1. The predicted molar refractivity (Wildman–Crippen MR) is 77.1 cm³/mol. The number of aliphatic hydroxyl groups is 1. The second-order valence-electron chi connectivity index (χ2n) is 4.96. The van der Waals surface area contributed by atoms with Crippen molar-refractivity contribution in [3.05, 3.63) is 23.8 Å². The Morgan fingerprint density at radius 2 is 2.00 bits per heavy atom. The molecule has 0 aliphatic heterocycles. The Morgan fingerprint density at radius 1 is 1.30 bits per heavy atom. The van der Waals surface area contributed by atoms with Crippen LogP contribution >= 0.6 is 0 Å². The largest absolute Gasteiger partial charge is 0.497 e. The molecule has 1 aromatic carbocycles. The zero-order valence-electron chi connectivity index (χ0n) is 12.5. The SMILES string of the molecule is COc1ccc(CC(=O)N[C@H](CO)C(C)C)c(OC)c1. The third kappa shape index (κ3) is 4.42. The van der Waals surface area contributed by atoms with Crippen LogP contribution in [0.1, 0.15) is 19.4 Å². The lowest BCUT2D eigenvalue weighted by Crippen LogP contribution is -2.41. The van der Waals surface area contributed by atoms with Gasteiger partial charge in [0.2, 0.25) is 5.91 Å². The molecule has 0 saturated heterocycles. The Morgan fingerprint density at radius 3 is 2.50 bits per heavy atom. The summed E-state index contributed by atoms with van der Waals surface area (Å²) in [6, 6.07) is 5.11. The number of amides is 1. The molecule has 5 nitrogen and oxygen atoms in total. The van der Waals surface area contributed by atoms with E-state index >= 15 is 0 Å². The van der Waals surface area contributed by atoms with Crippen LogP contribution in [0.25, 0.3) is 0 Å². The first-order valence-corrected chi connectivity index (χ1v) is 6.63. The average Bonchev–Trinajstić information content (AvgIpc) is 2.44. The number of aliphatic hydroxyl groups excluding tert-OH is 1. The molecule has 1 rings (SSSR count). The van der Waals surface area contributed by atoms with Crippen molar-refractivity contribution in [3.8, 4) is 11.5 Å². The lowest BCUT2D eigenvalue weighted by Gasteiger charge is -2.20. The normalized spacial score (nSPS) is 12.1. The molecule has 1 atom stereocenters. The Kier molecular flexibility index (Phi) is 6.31. The van der Waals surface area contributed by atoms with E-state index in [9.17, 15) is 9.90 Å². The summed E-state index contributed by atoms with van der Waals surface area (Å²) >= 11 is 0. The Balaban J connectivity index is 2.75. The van der Waals surface area contributed by atoms with E-state index in [2.05, 4.69) is 5.32 Å². The number of hydrogen-bond acceptors (Lipinski definition) is 4. The predicted octanol–water partition coefficient (Wildman–Crippen LogP) is 1.38. The van der Waals surface area contributed by atoms with Crippen LogP contribution in [0.2, 0.25) is 0 Å². The maximum atomic E-state index is 12.0. The smallest absolute Gasteiger partial charge is 0.224 e. The molecular weight excluding hydrogens is 258 g/mol. The first-order chi connectivity index (χ1) is 9.51. The van der Waals surface area contributed by atoms with Gasteiger partial charge in [-0.15, -0.1) is 0 Å². The molecule has 0 aliphatic rings. The number of methoxy groups -OCH3 is 2. The minimum atomic E-state index is -0.230. The van der Waals surface area contributed by atoms with Crippen molar-refractivity contribution in [1.82, 2.24) is 5.32 Å². The third-order valence-electron chi connectivity index (χ3n) is 3.19. The summed E-state index contributed by atoms with van der Waals surface area (Å²) in [5, 5.41) is 12.0. The second kappa shape index (κ2) is 7.75. The molecule has 1 aromatic rings. The van der Waals surface area contributed by atoms with Crippen LogP contribution in [0.3, 0.4) is 0 Å². The molecule has 2 N–H and O–H groups in total. The average molecular weight is 281 g/mol. The molecule has 1 amide bonds. The van der Waals surface area contributed by atoms with Crippen molar-refractivity contribution in [2.75, 3.05) is 20.8 Å². The first-order valence-electron chi connectivity index (χ1n) is 6.63. The van der Waals surface area contributed by atoms with Crippen LogP contribution in [0.4, 0.5) is 0 Å².